The molecule has 1 saturated carbocycles. The molecule has 1 aliphatic carbocycles. The highest BCUT2D eigenvalue weighted by molar-refractivity contribution is 6.30. The fourth-order valence-electron chi connectivity index (χ4n) is 2.94. The van der Waals surface area contributed by atoms with Crippen LogP contribution in [0.2, 0.25) is 5.02 Å². The maximum absolute atomic E-state index is 6.03. The van der Waals surface area contributed by atoms with Crippen molar-refractivity contribution in [2.45, 2.75) is 51.6 Å². The molecule has 0 aliphatic heterocycles. The van der Waals surface area contributed by atoms with Crippen molar-refractivity contribution < 1.29 is 0 Å². The van der Waals surface area contributed by atoms with Crippen LogP contribution in [0.3, 0.4) is 0 Å². The van der Waals surface area contributed by atoms with E-state index in [0.29, 0.717) is 12.1 Å². The van der Waals surface area contributed by atoms with E-state index in [1.807, 2.05) is 12.1 Å². The maximum atomic E-state index is 6.03. The zero-order chi connectivity index (χ0) is 12.3. The molecule has 3 atom stereocenters. The average molecular weight is 252 g/mol. The van der Waals surface area contributed by atoms with E-state index in [-0.39, 0.29) is 0 Å². The lowest BCUT2D eigenvalue weighted by Gasteiger charge is -2.24. The number of benzene rings is 1. The Morgan fingerprint density at radius 3 is 2.94 bits per heavy atom. The van der Waals surface area contributed by atoms with Crippen LogP contribution in [0.5, 0.6) is 0 Å². The summed E-state index contributed by atoms with van der Waals surface area (Å²) >= 11 is 6.03. The molecule has 1 aliphatic rings. The number of rotatable bonds is 4. The molecule has 2 heteroatoms. The Kier molecular flexibility index (Phi) is 4.47. The molecule has 0 amide bonds. The minimum Gasteiger partial charge on any atom is -0.307 e. The van der Waals surface area contributed by atoms with E-state index < -0.39 is 0 Å². The summed E-state index contributed by atoms with van der Waals surface area (Å²) < 4.78 is 0. The molecule has 0 heterocycles. The fraction of sp³-hybridized carbons (Fsp3) is 0.600. The molecular weight excluding hydrogens is 230 g/mol. The van der Waals surface area contributed by atoms with E-state index in [1.54, 1.807) is 0 Å². The SMILES string of the molecule is CCC1CCCC1N[C@@H](C)c1cccc(Cl)c1. The van der Waals surface area contributed by atoms with Crippen LogP contribution in [0, 0.1) is 5.92 Å². The first-order valence-electron chi connectivity index (χ1n) is 6.72. The summed E-state index contributed by atoms with van der Waals surface area (Å²) in [6.07, 6.45) is 5.37. The fourth-order valence-corrected chi connectivity index (χ4v) is 3.14. The van der Waals surface area contributed by atoms with Gasteiger partial charge in [0.1, 0.15) is 0 Å². The third kappa shape index (κ3) is 3.23. The van der Waals surface area contributed by atoms with E-state index in [9.17, 15) is 0 Å². The topological polar surface area (TPSA) is 12.0 Å². The molecule has 1 fully saturated rings. The van der Waals surface area contributed by atoms with Crippen LogP contribution in [0.25, 0.3) is 0 Å². The number of nitrogens with one attached hydrogen (secondary N) is 1. The van der Waals surface area contributed by atoms with Gasteiger partial charge in [0, 0.05) is 17.1 Å². The van der Waals surface area contributed by atoms with Crippen molar-refractivity contribution in [1.82, 2.24) is 5.32 Å². The lowest BCUT2D eigenvalue weighted by molar-refractivity contribution is 0.360. The number of halogens is 1. The first kappa shape index (κ1) is 12.9. The van der Waals surface area contributed by atoms with E-state index in [0.717, 1.165) is 10.9 Å². The molecule has 0 saturated heterocycles. The summed E-state index contributed by atoms with van der Waals surface area (Å²) in [5.41, 5.74) is 1.29. The van der Waals surface area contributed by atoms with Crippen LogP contribution in [0.15, 0.2) is 24.3 Å². The third-order valence-corrected chi connectivity index (χ3v) is 4.23. The summed E-state index contributed by atoms with van der Waals surface area (Å²) in [7, 11) is 0. The molecule has 1 aromatic rings. The van der Waals surface area contributed by atoms with E-state index >= 15 is 0 Å². The van der Waals surface area contributed by atoms with Crippen molar-refractivity contribution in [3.8, 4) is 0 Å². The summed E-state index contributed by atoms with van der Waals surface area (Å²) in [4.78, 5) is 0. The largest absolute Gasteiger partial charge is 0.307 e. The second kappa shape index (κ2) is 5.88. The molecule has 94 valence electrons. The molecule has 1 nitrogen and oxygen atoms in total. The van der Waals surface area contributed by atoms with Gasteiger partial charge in [-0.3, -0.25) is 0 Å². The molecule has 17 heavy (non-hydrogen) atoms. The molecule has 1 N–H and O–H groups in total. The van der Waals surface area contributed by atoms with Crippen molar-refractivity contribution >= 4 is 11.6 Å². The van der Waals surface area contributed by atoms with Crippen LogP contribution >= 0.6 is 11.6 Å². The van der Waals surface area contributed by atoms with Gasteiger partial charge >= 0.3 is 0 Å². The monoisotopic (exact) mass is 251 g/mol. The second-order valence-electron chi connectivity index (χ2n) is 5.15. The highest BCUT2D eigenvalue weighted by Gasteiger charge is 2.26. The van der Waals surface area contributed by atoms with Gasteiger partial charge in [-0.15, -0.1) is 0 Å². The van der Waals surface area contributed by atoms with Crippen LogP contribution < -0.4 is 5.32 Å². The standard InChI is InChI=1S/C15H22ClN/c1-3-12-6-5-9-15(12)17-11(2)13-7-4-8-14(16)10-13/h4,7-8,10-12,15,17H,3,5-6,9H2,1-2H3/t11-,12?,15?/m0/s1. The highest BCUT2D eigenvalue weighted by Crippen LogP contribution is 2.30. The van der Waals surface area contributed by atoms with E-state index in [2.05, 4.69) is 31.3 Å². The Labute approximate surface area is 110 Å². The molecule has 0 radical (unpaired) electrons. The van der Waals surface area contributed by atoms with Gasteiger partial charge in [0.2, 0.25) is 0 Å². The Bertz CT molecular complexity index is 364. The molecule has 0 aromatic heterocycles. The van der Waals surface area contributed by atoms with Crippen LogP contribution in [0.1, 0.15) is 51.1 Å². The smallest absolute Gasteiger partial charge is 0.0409 e. The van der Waals surface area contributed by atoms with Gasteiger partial charge in [-0.05, 0) is 43.4 Å². The van der Waals surface area contributed by atoms with Gasteiger partial charge in [0.15, 0.2) is 0 Å². The van der Waals surface area contributed by atoms with Gasteiger partial charge in [-0.25, -0.2) is 0 Å². The summed E-state index contributed by atoms with van der Waals surface area (Å²) in [5.74, 6) is 0.858. The Morgan fingerprint density at radius 1 is 1.41 bits per heavy atom. The lowest BCUT2D eigenvalue weighted by atomic mass is 9.98. The molecule has 2 rings (SSSR count). The van der Waals surface area contributed by atoms with Crippen LogP contribution in [-0.2, 0) is 0 Å². The predicted molar refractivity (Wildman–Crippen MR) is 74.4 cm³/mol. The van der Waals surface area contributed by atoms with Crippen molar-refractivity contribution in [3.05, 3.63) is 34.9 Å². The lowest BCUT2D eigenvalue weighted by Crippen LogP contribution is -2.34. The van der Waals surface area contributed by atoms with Crippen molar-refractivity contribution in [2.75, 3.05) is 0 Å². The van der Waals surface area contributed by atoms with Crippen molar-refractivity contribution in [2.24, 2.45) is 5.92 Å². The molecule has 1 aromatic carbocycles. The van der Waals surface area contributed by atoms with Crippen molar-refractivity contribution in [3.63, 3.8) is 0 Å². The number of hydrogen-bond acceptors (Lipinski definition) is 1. The molecule has 0 spiro atoms. The van der Waals surface area contributed by atoms with Crippen LogP contribution in [0.4, 0.5) is 0 Å². The Balaban J connectivity index is 1.99. The third-order valence-electron chi connectivity index (χ3n) is 4.00. The summed E-state index contributed by atoms with van der Waals surface area (Å²) in [6.45, 7) is 4.53. The first-order valence-corrected chi connectivity index (χ1v) is 7.10. The van der Waals surface area contributed by atoms with E-state index in [4.69, 9.17) is 11.6 Å². The van der Waals surface area contributed by atoms with Gasteiger partial charge in [-0.2, -0.15) is 0 Å². The van der Waals surface area contributed by atoms with E-state index in [1.165, 1.54) is 31.2 Å². The Hall–Kier alpha value is -0.530. The highest BCUT2D eigenvalue weighted by atomic mass is 35.5. The summed E-state index contributed by atoms with van der Waals surface area (Å²) in [5, 5.41) is 4.59. The quantitative estimate of drug-likeness (QED) is 0.827. The van der Waals surface area contributed by atoms with Gasteiger partial charge in [0.25, 0.3) is 0 Å². The maximum Gasteiger partial charge on any atom is 0.0409 e. The van der Waals surface area contributed by atoms with Crippen molar-refractivity contribution in [1.29, 1.82) is 0 Å². The predicted octanol–water partition coefficient (Wildman–Crippen LogP) is 4.57. The van der Waals surface area contributed by atoms with Crippen LogP contribution in [-0.4, -0.2) is 6.04 Å². The molecule has 2 unspecified atom stereocenters. The second-order valence-corrected chi connectivity index (χ2v) is 5.59. The average Bonchev–Trinajstić information content (AvgIpc) is 2.76. The zero-order valence-electron chi connectivity index (χ0n) is 10.7. The summed E-state index contributed by atoms with van der Waals surface area (Å²) in [6, 6.07) is 9.26. The number of hydrogen-bond donors (Lipinski definition) is 1. The minimum absolute atomic E-state index is 0.394. The molecule has 0 bridgehead atoms. The Morgan fingerprint density at radius 2 is 2.24 bits per heavy atom. The molecular formula is C15H22ClN. The normalized spacial score (nSPS) is 26.1. The zero-order valence-corrected chi connectivity index (χ0v) is 11.5. The van der Waals surface area contributed by atoms with Gasteiger partial charge in [-0.1, -0.05) is 43.5 Å². The first-order chi connectivity index (χ1) is 8.20. The minimum atomic E-state index is 0.394. The van der Waals surface area contributed by atoms with Gasteiger partial charge < -0.3 is 5.32 Å². The van der Waals surface area contributed by atoms with Gasteiger partial charge in [0.05, 0.1) is 0 Å².